The van der Waals surface area contributed by atoms with E-state index in [-0.39, 0.29) is 6.79 Å². The first-order valence-electron chi connectivity index (χ1n) is 9.68. The van der Waals surface area contributed by atoms with E-state index >= 15 is 0 Å². The van der Waals surface area contributed by atoms with Crippen molar-refractivity contribution < 1.29 is 36.6 Å². The monoisotopic (exact) mass is 474 g/mol. The van der Waals surface area contributed by atoms with Gasteiger partial charge in [0.05, 0.1) is 10.5 Å². The van der Waals surface area contributed by atoms with Gasteiger partial charge < -0.3 is 18.8 Å². The third-order valence-corrected chi connectivity index (χ3v) is 6.08. The Kier molecular flexibility index (Phi) is 5.68. The molecule has 0 saturated heterocycles. The summed E-state index contributed by atoms with van der Waals surface area (Å²) in [7, 11) is -4.15. The summed E-state index contributed by atoms with van der Waals surface area (Å²) in [5, 5.41) is 5.01. The zero-order chi connectivity index (χ0) is 23.9. The van der Waals surface area contributed by atoms with E-state index in [1.807, 2.05) is 17.6 Å². The van der Waals surface area contributed by atoms with Crippen LogP contribution in [0, 0.1) is 19.7 Å². The van der Waals surface area contributed by atoms with Crippen molar-refractivity contribution >= 4 is 21.8 Å². The Hall–Kier alpha value is -3.70. The van der Waals surface area contributed by atoms with E-state index in [1.54, 1.807) is 25.1 Å². The summed E-state index contributed by atoms with van der Waals surface area (Å²) < 4.78 is 54.4. The van der Waals surface area contributed by atoms with Crippen LogP contribution in [0.4, 0.5) is 4.39 Å². The summed E-state index contributed by atoms with van der Waals surface area (Å²) in [5.74, 6) is -1.48. The number of ketones is 1. The molecule has 2 aromatic carbocycles. The first-order valence-corrected chi connectivity index (χ1v) is 11.2. The van der Waals surface area contributed by atoms with E-state index < -0.39 is 44.7 Å². The van der Waals surface area contributed by atoms with Gasteiger partial charge in [0, 0.05) is 28.7 Å². The van der Waals surface area contributed by atoms with Crippen molar-refractivity contribution in [3.05, 3.63) is 70.8 Å². The van der Waals surface area contributed by atoms with Crippen LogP contribution >= 0.6 is 0 Å². The van der Waals surface area contributed by atoms with Gasteiger partial charge in [-0.1, -0.05) is 0 Å². The van der Waals surface area contributed by atoms with E-state index in [0.29, 0.717) is 22.8 Å². The van der Waals surface area contributed by atoms with Crippen LogP contribution in [0.2, 0.25) is 0 Å². The number of fused-ring (bicyclic) bond motifs is 1. The van der Waals surface area contributed by atoms with E-state index in [0.717, 1.165) is 29.6 Å². The number of aromatic nitrogens is 1. The van der Waals surface area contributed by atoms with Crippen molar-refractivity contribution in [3.63, 3.8) is 0 Å². The Bertz CT molecular complexity index is 1400. The summed E-state index contributed by atoms with van der Waals surface area (Å²) in [5.41, 5.74) is 1.80. The molecule has 0 amide bonds. The predicted octanol–water partition coefficient (Wildman–Crippen LogP) is 2.65. The second-order valence-electron chi connectivity index (χ2n) is 7.34. The van der Waals surface area contributed by atoms with E-state index in [9.17, 15) is 22.4 Å². The molecule has 11 heteroatoms. The van der Waals surface area contributed by atoms with Crippen LogP contribution in [0.1, 0.15) is 32.1 Å². The lowest BCUT2D eigenvalue weighted by molar-refractivity contribution is 0.0469. The van der Waals surface area contributed by atoms with Crippen molar-refractivity contribution in [2.75, 3.05) is 13.4 Å². The summed E-state index contributed by atoms with van der Waals surface area (Å²) in [4.78, 5) is 24.6. The van der Waals surface area contributed by atoms with Crippen LogP contribution in [0.3, 0.4) is 0 Å². The van der Waals surface area contributed by atoms with Gasteiger partial charge >= 0.3 is 5.97 Å². The van der Waals surface area contributed by atoms with E-state index in [4.69, 9.17) is 19.3 Å². The molecule has 0 radical (unpaired) electrons. The highest BCUT2D eigenvalue weighted by molar-refractivity contribution is 7.89. The maximum atomic E-state index is 14.0. The number of nitrogens with two attached hydrogens (primary N) is 1. The number of carbonyl (C=O) groups excluding carboxylic acids is 2. The predicted molar refractivity (Wildman–Crippen MR) is 114 cm³/mol. The van der Waals surface area contributed by atoms with Gasteiger partial charge in [-0.3, -0.25) is 4.79 Å². The van der Waals surface area contributed by atoms with Crippen molar-refractivity contribution in [1.29, 1.82) is 0 Å². The van der Waals surface area contributed by atoms with Gasteiger partial charge in [-0.25, -0.2) is 22.7 Å². The Morgan fingerprint density at radius 1 is 1.06 bits per heavy atom. The van der Waals surface area contributed by atoms with Crippen molar-refractivity contribution in [2.45, 2.75) is 18.7 Å². The molecule has 9 nitrogen and oxygen atoms in total. The fraction of sp³-hybridized carbons (Fsp3) is 0.182. The summed E-state index contributed by atoms with van der Waals surface area (Å²) >= 11 is 0. The highest BCUT2D eigenvalue weighted by Crippen LogP contribution is 2.35. The van der Waals surface area contributed by atoms with E-state index in [1.165, 1.54) is 0 Å². The molecule has 4 rings (SSSR count). The largest absolute Gasteiger partial charge is 0.454 e. The molecule has 0 atom stereocenters. The fourth-order valence-electron chi connectivity index (χ4n) is 3.59. The average molecular weight is 474 g/mol. The minimum Gasteiger partial charge on any atom is -0.454 e. The number of hydrogen-bond donors (Lipinski definition) is 1. The molecule has 1 aliphatic rings. The first kappa shape index (κ1) is 22.5. The van der Waals surface area contributed by atoms with Gasteiger partial charge in [-0.05, 0) is 50.2 Å². The zero-order valence-corrected chi connectivity index (χ0v) is 18.4. The number of Topliss-reactive ketones (excluding diaryl/α,β-unsaturated/α-hetero) is 1. The lowest BCUT2D eigenvalue weighted by Crippen LogP contribution is -2.17. The molecule has 172 valence electrons. The second-order valence-corrected chi connectivity index (χ2v) is 8.91. The van der Waals surface area contributed by atoms with Crippen LogP contribution in [0.15, 0.2) is 47.4 Å². The van der Waals surface area contributed by atoms with Gasteiger partial charge in [0.15, 0.2) is 18.1 Å². The minimum atomic E-state index is -4.15. The zero-order valence-electron chi connectivity index (χ0n) is 17.6. The molecule has 0 bridgehead atoms. The lowest BCUT2D eigenvalue weighted by Gasteiger charge is -2.11. The third-order valence-electron chi connectivity index (χ3n) is 5.17. The van der Waals surface area contributed by atoms with Gasteiger partial charge in [0.2, 0.25) is 22.6 Å². The SMILES string of the molecule is Cc1cc(C(=O)COC(=O)c2cc(S(N)(=O)=O)ccc2F)c(C)n1-c1ccc2c(c1)OCO2. The molecule has 33 heavy (non-hydrogen) atoms. The molecule has 1 aromatic heterocycles. The molecule has 2 N–H and O–H groups in total. The highest BCUT2D eigenvalue weighted by atomic mass is 32.2. The topological polar surface area (TPSA) is 127 Å². The Morgan fingerprint density at radius 2 is 1.79 bits per heavy atom. The molecular weight excluding hydrogens is 455 g/mol. The highest BCUT2D eigenvalue weighted by Gasteiger charge is 2.22. The molecule has 0 aliphatic carbocycles. The van der Waals surface area contributed by atoms with Crippen LogP contribution in [0.5, 0.6) is 11.5 Å². The van der Waals surface area contributed by atoms with Crippen LogP contribution in [-0.4, -0.2) is 38.1 Å². The Labute approximate surface area is 188 Å². The van der Waals surface area contributed by atoms with Gasteiger partial charge in [-0.15, -0.1) is 0 Å². The third kappa shape index (κ3) is 4.32. The number of esters is 1. The minimum absolute atomic E-state index is 0.137. The quantitative estimate of drug-likeness (QED) is 0.430. The number of primary sulfonamides is 1. The molecular formula is C22H19FN2O7S. The molecule has 0 fully saturated rings. The molecule has 0 spiro atoms. The molecule has 0 unspecified atom stereocenters. The van der Waals surface area contributed by atoms with Gasteiger partial charge in [-0.2, -0.15) is 0 Å². The van der Waals surface area contributed by atoms with Crippen molar-refractivity contribution in [3.8, 4) is 17.2 Å². The number of hydrogen-bond acceptors (Lipinski definition) is 7. The summed E-state index contributed by atoms with van der Waals surface area (Å²) in [6.45, 7) is 3.03. The number of sulfonamides is 1. The smallest absolute Gasteiger partial charge is 0.341 e. The molecule has 2 heterocycles. The summed E-state index contributed by atoms with van der Waals surface area (Å²) in [6, 6.07) is 9.51. The number of nitrogens with zero attached hydrogens (tertiary/aromatic N) is 1. The van der Waals surface area contributed by atoms with Crippen molar-refractivity contribution in [1.82, 2.24) is 4.57 Å². The first-order chi connectivity index (χ1) is 15.6. The Morgan fingerprint density at radius 3 is 2.52 bits per heavy atom. The number of benzene rings is 2. The van der Waals surface area contributed by atoms with E-state index in [2.05, 4.69) is 0 Å². The lowest BCUT2D eigenvalue weighted by atomic mass is 10.1. The number of aryl methyl sites for hydroxylation is 1. The fourth-order valence-corrected chi connectivity index (χ4v) is 4.13. The van der Waals surface area contributed by atoms with Gasteiger partial charge in [0.25, 0.3) is 0 Å². The molecule has 3 aromatic rings. The maximum absolute atomic E-state index is 14.0. The summed E-state index contributed by atoms with van der Waals surface area (Å²) in [6.07, 6.45) is 0. The standard InChI is InChI=1S/C22H19FN2O7S/c1-12-7-16(13(2)25(12)14-3-6-20-21(8-14)32-11-31-20)19(26)10-30-22(27)17-9-15(33(24,28)29)4-5-18(17)23/h3-9H,10-11H2,1-2H3,(H2,24,28,29). The number of rotatable bonds is 6. The average Bonchev–Trinajstić information content (AvgIpc) is 3.34. The van der Waals surface area contributed by atoms with Gasteiger partial charge in [0.1, 0.15) is 5.82 Å². The van der Waals surface area contributed by atoms with Crippen LogP contribution < -0.4 is 14.6 Å². The second kappa shape index (κ2) is 8.34. The van der Waals surface area contributed by atoms with Crippen molar-refractivity contribution in [2.24, 2.45) is 5.14 Å². The molecule has 1 aliphatic heterocycles. The number of halogens is 1. The van der Waals surface area contributed by atoms with Crippen LogP contribution in [0.25, 0.3) is 5.69 Å². The number of carbonyl (C=O) groups is 2. The van der Waals surface area contributed by atoms with Crippen LogP contribution in [-0.2, 0) is 14.8 Å². The maximum Gasteiger partial charge on any atom is 0.341 e. The molecule has 0 saturated carbocycles. The number of ether oxygens (including phenoxy) is 3. The normalized spacial score (nSPS) is 12.6. The Balaban J connectivity index is 1.53.